The van der Waals surface area contributed by atoms with Crippen LogP contribution in [-0.2, 0) is 10.3 Å². The molecular weight excluding hydrogens is 428 g/mol. The van der Waals surface area contributed by atoms with Crippen molar-refractivity contribution in [3.8, 4) is 0 Å². The van der Waals surface area contributed by atoms with Gasteiger partial charge in [0.05, 0.1) is 16.6 Å². The van der Waals surface area contributed by atoms with E-state index in [4.69, 9.17) is 11.6 Å². The second-order valence-electron chi connectivity index (χ2n) is 8.86. The van der Waals surface area contributed by atoms with E-state index in [2.05, 4.69) is 31.3 Å². The van der Waals surface area contributed by atoms with Gasteiger partial charge in [-0.2, -0.15) is 0 Å². The Hall–Kier alpha value is -1.40. The molecule has 0 spiro atoms. The maximum Gasteiger partial charge on any atom is 0.242 e. The van der Waals surface area contributed by atoms with Gasteiger partial charge in [-0.05, 0) is 103 Å². The quantitative estimate of drug-likeness (QED) is 0.722. The molecule has 0 saturated heterocycles. The van der Waals surface area contributed by atoms with E-state index in [1.54, 1.807) is 6.33 Å². The molecule has 1 N–H and O–H groups in total. The Bertz CT molecular complexity index is 912. The number of hydrogen-bond acceptors (Lipinski definition) is 3. The molecule has 142 valence electrons. The minimum absolute atomic E-state index is 0.119. The van der Waals surface area contributed by atoms with Crippen LogP contribution in [0.25, 0.3) is 0 Å². The van der Waals surface area contributed by atoms with Crippen molar-refractivity contribution in [1.82, 2.24) is 14.8 Å². The molecule has 5 nitrogen and oxygen atoms in total. The Morgan fingerprint density at radius 1 is 1.30 bits per heavy atom. The molecule has 1 amide bonds. The lowest BCUT2D eigenvalue weighted by Gasteiger charge is -2.60. The molecule has 4 bridgehead atoms. The zero-order valence-corrected chi connectivity index (χ0v) is 17.6. The summed E-state index contributed by atoms with van der Waals surface area (Å²) in [5.74, 6) is 1.29. The second-order valence-corrected chi connectivity index (χ2v) is 10.1. The summed E-state index contributed by atoms with van der Waals surface area (Å²) >= 11 is 9.59. The Kier molecular flexibility index (Phi) is 3.96. The van der Waals surface area contributed by atoms with Gasteiger partial charge in [-0.1, -0.05) is 6.07 Å². The lowest BCUT2D eigenvalue weighted by Crippen LogP contribution is -2.60. The van der Waals surface area contributed by atoms with Crippen molar-refractivity contribution in [2.24, 2.45) is 17.3 Å². The van der Waals surface area contributed by atoms with Crippen LogP contribution >= 0.6 is 27.5 Å². The Morgan fingerprint density at radius 3 is 2.67 bits per heavy atom. The second kappa shape index (κ2) is 6.05. The third-order valence-electron chi connectivity index (χ3n) is 6.83. The first-order valence-electron chi connectivity index (χ1n) is 9.53. The number of benzene rings is 1. The average molecular weight is 450 g/mol. The highest BCUT2D eigenvalue weighted by molar-refractivity contribution is 9.10. The minimum Gasteiger partial charge on any atom is -0.325 e. The highest BCUT2D eigenvalue weighted by atomic mass is 79.9. The summed E-state index contributed by atoms with van der Waals surface area (Å²) in [4.78, 5) is 17.6. The molecule has 1 aromatic carbocycles. The maximum atomic E-state index is 13.5. The van der Waals surface area contributed by atoms with Gasteiger partial charge in [0.15, 0.2) is 0 Å². The highest BCUT2D eigenvalue weighted by Crippen LogP contribution is 2.64. The number of nitrogens with one attached hydrogen (secondary N) is 1. The topological polar surface area (TPSA) is 59.8 Å². The van der Waals surface area contributed by atoms with Gasteiger partial charge in [-0.3, -0.25) is 4.79 Å². The van der Waals surface area contributed by atoms with Crippen molar-refractivity contribution in [3.05, 3.63) is 39.8 Å². The molecule has 4 saturated carbocycles. The lowest BCUT2D eigenvalue weighted by molar-refractivity contribution is -0.150. The molecule has 7 heteroatoms. The van der Waals surface area contributed by atoms with Crippen LogP contribution in [0.3, 0.4) is 0 Å². The van der Waals surface area contributed by atoms with E-state index >= 15 is 0 Å². The van der Waals surface area contributed by atoms with Crippen molar-refractivity contribution >= 4 is 39.1 Å². The van der Waals surface area contributed by atoms with Gasteiger partial charge in [0, 0.05) is 4.47 Å². The van der Waals surface area contributed by atoms with Crippen molar-refractivity contribution in [1.29, 1.82) is 0 Å². The van der Waals surface area contributed by atoms with Gasteiger partial charge in [-0.25, -0.2) is 9.67 Å². The van der Waals surface area contributed by atoms with E-state index in [1.165, 1.54) is 6.42 Å². The van der Waals surface area contributed by atoms with Crippen LogP contribution < -0.4 is 5.32 Å². The average Bonchev–Trinajstić information content (AvgIpc) is 3.03. The largest absolute Gasteiger partial charge is 0.325 e. The molecule has 27 heavy (non-hydrogen) atoms. The first-order valence-corrected chi connectivity index (χ1v) is 10.7. The number of hydrogen-bond donors (Lipinski definition) is 1. The van der Waals surface area contributed by atoms with Crippen molar-refractivity contribution in [2.45, 2.75) is 51.0 Å². The van der Waals surface area contributed by atoms with Crippen LogP contribution in [0.1, 0.15) is 44.1 Å². The van der Waals surface area contributed by atoms with E-state index in [-0.39, 0.29) is 22.1 Å². The first kappa shape index (κ1) is 17.7. The SMILES string of the molecule is Cc1ccc(NC(=O)C23C[C@@H]4C[C@@H](C2)CC(n2cnc(Cl)n2)(C4)C3)c(Br)c1. The molecule has 0 unspecified atom stereocenters. The van der Waals surface area contributed by atoms with Gasteiger partial charge in [-0.15, -0.1) is 5.10 Å². The van der Waals surface area contributed by atoms with E-state index in [1.807, 2.05) is 29.8 Å². The summed E-state index contributed by atoms with van der Waals surface area (Å²) in [6.07, 6.45) is 7.90. The predicted octanol–water partition coefficient (Wildman–Crippen LogP) is 4.94. The number of halogens is 2. The van der Waals surface area contributed by atoms with Crippen LogP contribution in [-0.4, -0.2) is 20.7 Å². The Morgan fingerprint density at radius 2 is 2.04 bits per heavy atom. The third-order valence-corrected chi connectivity index (χ3v) is 7.66. The van der Waals surface area contributed by atoms with E-state index in [9.17, 15) is 4.79 Å². The van der Waals surface area contributed by atoms with Crippen LogP contribution in [0.2, 0.25) is 5.28 Å². The molecule has 6 rings (SSSR count). The zero-order valence-electron chi connectivity index (χ0n) is 15.2. The number of aryl methyl sites for hydroxylation is 1. The molecule has 4 aliphatic rings. The fourth-order valence-electron chi connectivity index (χ4n) is 6.20. The van der Waals surface area contributed by atoms with Gasteiger partial charge in [0.25, 0.3) is 0 Å². The van der Waals surface area contributed by atoms with Crippen LogP contribution in [0, 0.1) is 24.2 Å². The number of aromatic nitrogens is 3. The minimum atomic E-state index is -0.327. The van der Waals surface area contributed by atoms with Crippen LogP contribution in [0.4, 0.5) is 5.69 Å². The lowest BCUT2D eigenvalue weighted by atomic mass is 9.46. The van der Waals surface area contributed by atoms with E-state index in [0.29, 0.717) is 11.8 Å². The Labute approximate surface area is 172 Å². The normalized spacial score (nSPS) is 34.0. The van der Waals surface area contributed by atoms with E-state index < -0.39 is 0 Å². The van der Waals surface area contributed by atoms with E-state index in [0.717, 1.165) is 47.8 Å². The monoisotopic (exact) mass is 448 g/mol. The molecular formula is C20H22BrClN4O. The molecule has 2 aromatic rings. The Balaban J connectivity index is 1.47. The third kappa shape index (κ3) is 2.83. The number of carbonyl (C=O) groups is 1. The summed E-state index contributed by atoms with van der Waals surface area (Å²) < 4.78 is 2.88. The molecule has 1 heterocycles. The number of carbonyl (C=O) groups excluding carboxylic acids is 1. The first-order chi connectivity index (χ1) is 12.9. The summed E-state index contributed by atoms with van der Waals surface area (Å²) in [6.45, 7) is 2.04. The van der Waals surface area contributed by atoms with Gasteiger partial charge < -0.3 is 5.32 Å². The smallest absolute Gasteiger partial charge is 0.242 e. The predicted molar refractivity (Wildman–Crippen MR) is 108 cm³/mol. The standard InChI is InChI=1S/C20H22BrClN4O/c1-12-2-3-16(15(21)4-12)24-17(27)19-6-13-5-14(7-19)9-20(8-13,10-19)26-11-23-18(22)25-26/h2-4,11,13-14H,5-10H2,1H3,(H,24,27)/t13-,14-,19?,20?/m0/s1. The summed E-state index contributed by atoms with van der Waals surface area (Å²) in [5, 5.41) is 7.93. The molecule has 2 atom stereocenters. The molecule has 0 radical (unpaired) electrons. The number of rotatable bonds is 3. The van der Waals surface area contributed by atoms with Gasteiger partial charge in [0.2, 0.25) is 11.2 Å². The molecule has 0 aliphatic heterocycles. The molecule has 4 aliphatic carbocycles. The van der Waals surface area contributed by atoms with Crippen molar-refractivity contribution < 1.29 is 4.79 Å². The summed E-state index contributed by atoms with van der Waals surface area (Å²) in [6, 6.07) is 6.04. The fraction of sp³-hybridized carbons (Fsp3) is 0.550. The van der Waals surface area contributed by atoms with Crippen LogP contribution in [0.15, 0.2) is 29.0 Å². The number of amides is 1. The summed E-state index contributed by atoms with van der Waals surface area (Å²) in [7, 11) is 0. The highest BCUT2D eigenvalue weighted by Gasteiger charge is 2.61. The number of nitrogens with zero attached hydrogens (tertiary/aromatic N) is 3. The van der Waals surface area contributed by atoms with Crippen LogP contribution in [0.5, 0.6) is 0 Å². The fourth-order valence-corrected chi connectivity index (χ4v) is 6.91. The van der Waals surface area contributed by atoms with Crippen molar-refractivity contribution in [2.75, 3.05) is 5.32 Å². The van der Waals surface area contributed by atoms with Gasteiger partial charge in [0.1, 0.15) is 6.33 Å². The molecule has 4 fully saturated rings. The zero-order chi connectivity index (χ0) is 18.8. The molecule has 1 aromatic heterocycles. The summed E-state index contributed by atoms with van der Waals surface area (Å²) in [5.41, 5.74) is 1.56. The van der Waals surface area contributed by atoms with Crippen molar-refractivity contribution in [3.63, 3.8) is 0 Å². The van der Waals surface area contributed by atoms with Gasteiger partial charge >= 0.3 is 0 Å². The maximum absolute atomic E-state index is 13.5. The number of anilines is 1.